The summed E-state index contributed by atoms with van der Waals surface area (Å²) < 4.78 is 14.2. The van der Waals surface area contributed by atoms with E-state index in [4.69, 9.17) is 19.7 Å². The fraction of sp³-hybridized carbons (Fsp3) is 0.800. The second-order valence-corrected chi connectivity index (χ2v) is 8.33. The Bertz CT molecular complexity index is 582. The first kappa shape index (κ1) is 34.0. The molecule has 2 amide bonds. The summed E-state index contributed by atoms with van der Waals surface area (Å²) in [4.78, 5) is 43.2. The molecule has 32 heavy (non-hydrogen) atoms. The van der Waals surface area contributed by atoms with Gasteiger partial charge >= 0.3 is 24.1 Å². The van der Waals surface area contributed by atoms with Gasteiger partial charge in [-0.2, -0.15) is 0 Å². The summed E-state index contributed by atoms with van der Waals surface area (Å²) in [6.07, 6.45) is -3.84. The van der Waals surface area contributed by atoms with Crippen LogP contribution in [0.25, 0.3) is 0 Å². The van der Waals surface area contributed by atoms with E-state index in [1.165, 1.54) is 7.11 Å². The van der Waals surface area contributed by atoms with E-state index in [0.717, 1.165) is 0 Å². The van der Waals surface area contributed by atoms with Gasteiger partial charge in [-0.25, -0.2) is 19.2 Å². The lowest BCUT2D eigenvalue weighted by Crippen LogP contribution is -2.35. The molecule has 0 heterocycles. The van der Waals surface area contributed by atoms with Gasteiger partial charge in [0.15, 0.2) is 12.2 Å². The van der Waals surface area contributed by atoms with Crippen LogP contribution >= 0.6 is 0 Å². The molecule has 12 heteroatoms. The second-order valence-electron chi connectivity index (χ2n) is 8.33. The lowest BCUT2D eigenvalue weighted by Gasteiger charge is -2.19. The Morgan fingerprint density at radius 3 is 1.41 bits per heavy atom. The van der Waals surface area contributed by atoms with Gasteiger partial charge in [0.2, 0.25) is 0 Å². The highest BCUT2D eigenvalue weighted by Gasteiger charge is 2.19. The van der Waals surface area contributed by atoms with E-state index < -0.39 is 47.5 Å². The van der Waals surface area contributed by atoms with Crippen molar-refractivity contribution in [3.8, 4) is 0 Å². The van der Waals surface area contributed by atoms with Crippen molar-refractivity contribution < 1.29 is 48.7 Å². The predicted molar refractivity (Wildman–Crippen MR) is 116 cm³/mol. The fourth-order valence-corrected chi connectivity index (χ4v) is 1.63. The Morgan fingerprint density at radius 1 is 0.781 bits per heavy atom. The van der Waals surface area contributed by atoms with Crippen LogP contribution < -0.4 is 10.6 Å². The van der Waals surface area contributed by atoms with Crippen LogP contribution in [-0.2, 0) is 23.8 Å². The van der Waals surface area contributed by atoms with Crippen molar-refractivity contribution in [2.24, 2.45) is 0 Å². The van der Waals surface area contributed by atoms with E-state index in [0.29, 0.717) is 0 Å². The van der Waals surface area contributed by atoms with E-state index in [1.54, 1.807) is 41.5 Å². The van der Waals surface area contributed by atoms with Crippen molar-refractivity contribution in [3.05, 3.63) is 0 Å². The molecular formula is C20H40N2O10. The molecule has 0 saturated heterocycles. The first-order valence-corrected chi connectivity index (χ1v) is 9.59. The number of alkyl carbamates (subject to hydrolysis) is 2. The van der Waals surface area contributed by atoms with Crippen molar-refractivity contribution in [2.75, 3.05) is 20.2 Å². The maximum atomic E-state index is 11.1. The summed E-state index contributed by atoms with van der Waals surface area (Å²) in [6.45, 7) is 10.6. The fourth-order valence-electron chi connectivity index (χ4n) is 1.63. The number of hydrogen-bond acceptors (Lipinski definition) is 9. The summed E-state index contributed by atoms with van der Waals surface area (Å²) in [7, 11) is 1.19. The largest absolute Gasteiger partial charge is 0.479 e. The number of carboxylic acid groups (broad SMARTS) is 1. The van der Waals surface area contributed by atoms with Crippen molar-refractivity contribution in [2.45, 2.75) is 85.2 Å². The summed E-state index contributed by atoms with van der Waals surface area (Å²) in [6, 6.07) is 0. The normalized spacial score (nSPS) is 12.5. The van der Waals surface area contributed by atoms with Crippen LogP contribution in [0.5, 0.6) is 0 Å². The smallest absolute Gasteiger partial charge is 0.407 e. The van der Waals surface area contributed by atoms with Gasteiger partial charge < -0.3 is 40.2 Å². The van der Waals surface area contributed by atoms with Crippen molar-refractivity contribution >= 4 is 24.1 Å². The zero-order valence-electron chi connectivity index (χ0n) is 19.2. The Balaban J connectivity index is -0.000000511. The lowest BCUT2D eigenvalue weighted by molar-refractivity contribution is -0.150. The third-order valence-corrected chi connectivity index (χ3v) is 2.93. The van der Waals surface area contributed by atoms with E-state index in [9.17, 15) is 24.3 Å². The number of hydrogen-bond donors (Lipinski definition) is 5. The maximum Gasteiger partial charge on any atom is 0.407 e. The number of rotatable bonds is 8. The number of aliphatic hydroxyl groups excluding tert-OH is 2. The molecule has 0 bridgehead atoms. The van der Waals surface area contributed by atoms with Crippen LogP contribution in [0.15, 0.2) is 0 Å². The van der Waals surface area contributed by atoms with Crippen LogP contribution in [-0.4, -0.2) is 83.1 Å². The van der Waals surface area contributed by atoms with Gasteiger partial charge in [-0.1, -0.05) is 7.43 Å². The number of aliphatic hydroxyl groups is 2. The minimum absolute atomic E-state index is 0. The average molecular weight is 469 g/mol. The van der Waals surface area contributed by atoms with Gasteiger partial charge in [-0.3, -0.25) is 0 Å². The van der Waals surface area contributed by atoms with E-state index >= 15 is 0 Å². The molecule has 0 saturated carbocycles. The molecule has 0 aromatic rings. The van der Waals surface area contributed by atoms with Crippen LogP contribution in [0.4, 0.5) is 9.59 Å². The van der Waals surface area contributed by atoms with Gasteiger partial charge in [0.1, 0.15) is 11.2 Å². The third-order valence-electron chi connectivity index (χ3n) is 2.93. The highest BCUT2D eigenvalue weighted by Crippen LogP contribution is 2.07. The van der Waals surface area contributed by atoms with Crippen LogP contribution in [0.2, 0.25) is 0 Å². The maximum absolute atomic E-state index is 11.1. The molecule has 0 aliphatic heterocycles. The Morgan fingerprint density at radius 2 is 1.12 bits per heavy atom. The summed E-state index contributed by atoms with van der Waals surface area (Å²) in [5.41, 5.74) is -1.15. The Hall–Kier alpha value is -2.60. The van der Waals surface area contributed by atoms with Crippen molar-refractivity contribution in [3.63, 3.8) is 0 Å². The van der Waals surface area contributed by atoms with Gasteiger partial charge in [0.25, 0.3) is 0 Å². The molecule has 0 spiro atoms. The third kappa shape index (κ3) is 22.1. The molecule has 2 unspecified atom stereocenters. The highest BCUT2D eigenvalue weighted by molar-refractivity contribution is 5.74. The number of amides is 2. The zero-order valence-corrected chi connectivity index (χ0v) is 19.2. The van der Waals surface area contributed by atoms with Crippen molar-refractivity contribution in [1.82, 2.24) is 10.6 Å². The molecule has 5 N–H and O–H groups in total. The van der Waals surface area contributed by atoms with Crippen molar-refractivity contribution in [1.29, 1.82) is 0 Å². The van der Waals surface area contributed by atoms with E-state index in [-0.39, 0.29) is 33.4 Å². The van der Waals surface area contributed by atoms with Crippen LogP contribution in [0.3, 0.4) is 0 Å². The lowest BCUT2D eigenvalue weighted by atomic mass is 10.2. The number of ether oxygens (including phenoxy) is 3. The minimum Gasteiger partial charge on any atom is -0.479 e. The topological polar surface area (TPSA) is 181 Å². The highest BCUT2D eigenvalue weighted by atomic mass is 16.6. The molecule has 0 radical (unpaired) electrons. The number of carbonyl (C=O) groups is 4. The standard InChI is InChI=1S/C10H19NO5.C9H17NO5.CH4/c1-10(2,3)16-9(14)11-6-5-7(12)8(13)15-4;1-9(2,3)15-8(14)10-5-4-6(11)7(12)13;/h7,12H,5-6H2,1-4H3,(H,11,14);6,11H,4-5H2,1-3H3,(H,10,14)(H,12,13);1H4. The molecule has 0 aliphatic rings. The quantitative estimate of drug-likeness (QED) is 0.258. The van der Waals surface area contributed by atoms with Crippen LogP contribution in [0.1, 0.15) is 61.8 Å². The number of methoxy groups -OCH3 is 1. The number of carbonyl (C=O) groups excluding carboxylic acids is 3. The first-order chi connectivity index (χ1) is 14.0. The molecule has 0 rings (SSSR count). The average Bonchev–Trinajstić information content (AvgIpc) is 2.58. The number of esters is 1. The SMILES string of the molecule is C.CC(C)(C)OC(=O)NCCC(O)C(=O)O.COC(=O)C(O)CCNC(=O)OC(C)(C)C. The molecular weight excluding hydrogens is 428 g/mol. The first-order valence-electron chi connectivity index (χ1n) is 9.59. The monoisotopic (exact) mass is 468 g/mol. The summed E-state index contributed by atoms with van der Waals surface area (Å²) >= 11 is 0. The molecule has 190 valence electrons. The number of aliphatic carboxylic acids is 1. The zero-order chi connectivity index (χ0) is 24.8. The molecule has 0 fully saturated rings. The molecule has 12 nitrogen and oxygen atoms in total. The van der Waals surface area contributed by atoms with Gasteiger partial charge in [0, 0.05) is 25.9 Å². The van der Waals surface area contributed by atoms with Gasteiger partial charge in [0.05, 0.1) is 7.11 Å². The Kier molecular flexibility index (Phi) is 17.1. The Labute approximate surface area is 189 Å². The molecule has 0 aromatic carbocycles. The summed E-state index contributed by atoms with van der Waals surface area (Å²) in [5, 5.41) is 31.2. The molecule has 0 aromatic heterocycles. The summed E-state index contributed by atoms with van der Waals surface area (Å²) in [5.74, 6) is -2.02. The molecule has 0 aliphatic carbocycles. The number of carboxylic acids is 1. The van der Waals surface area contributed by atoms with Gasteiger partial charge in [-0.05, 0) is 41.5 Å². The predicted octanol–water partition coefficient (Wildman–Crippen LogP) is 1.42. The van der Waals surface area contributed by atoms with Gasteiger partial charge in [-0.15, -0.1) is 0 Å². The van der Waals surface area contributed by atoms with Crippen LogP contribution in [0, 0.1) is 0 Å². The minimum atomic E-state index is -1.46. The second kappa shape index (κ2) is 16.1. The molecule has 2 atom stereocenters. The number of nitrogens with one attached hydrogen (secondary N) is 2. The van der Waals surface area contributed by atoms with E-state index in [2.05, 4.69) is 15.4 Å². The van der Waals surface area contributed by atoms with E-state index in [1.807, 2.05) is 0 Å².